The number of hydrogen-bond donors (Lipinski definition) is 3. The standard InChI is InChI=1S/C18H24N4O3/c1-21-10-9-17(20-21)19-18(25)22(14-5-7-15(23)8-6-14)12-13-3-2-4-16(24)11-13/h2-4,9-11,14-15,23-24H,5-8,12H2,1H3,(H,19,20,25). The molecule has 0 saturated heterocycles. The Kier molecular flexibility index (Phi) is 5.23. The topological polar surface area (TPSA) is 90.6 Å². The lowest BCUT2D eigenvalue weighted by Crippen LogP contribution is -2.44. The van der Waals surface area contributed by atoms with Gasteiger partial charge in [-0.1, -0.05) is 12.1 Å². The van der Waals surface area contributed by atoms with E-state index < -0.39 is 0 Å². The molecule has 2 aromatic rings. The molecule has 1 aromatic carbocycles. The molecule has 3 N–H and O–H groups in total. The summed E-state index contributed by atoms with van der Waals surface area (Å²) in [4.78, 5) is 14.6. The van der Waals surface area contributed by atoms with Gasteiger partial charge in [0.25, 0.3) is 0 Å². The average Bonchev–Trinajstić information content (AvgIpc) is 2.98. The zero-order chi connectivity index (χ0) is 17.8. The predicted octanol–water partition coefficient (Wildman–Crippen LogP) is 2.46. The lowest BCUT2D eigenvalue weighted by Gasteiger charge is -2.35. The van der Waals surface area contributed by atoms with Crippen LogP contribution < -0.4 is 5.32 Å². The number of phenolic OH excluding ortho intramolecular Hbond substituents is 1. The summed E-state index contributed by atoms with van der Waals surface area (Å²) >= 11 is 0. The zero-order valence-electron chi connectivity index (χ0n) is 14.3. The van der Waals surface area contributed by atoms with Crippen molar-refractivity contribution in [3.63, 3.8) is 0 Å². The van der Waals surface area contributed by atoms with Crippen molar-refractivity contribution in [2.45, 2.75) is 44.4 Å². The Morgan fingerprint density at radius 1 is 1.32 bits per heavy atom. The number of carbonyl (C=O) groups excluding carboxylic acids is 1. The van der Waals surface area contributed by atoms with Gasteiger partial charge in [0.05, 0.1) is 6.10 Å². The molecule has 2 amide bonds. The molecular formula is C18H24N4O3. The zero-order valence-corrected chi connectivity index (χ0v) is 14.3. The normalized spacial score (nSPS) is 20.2. The van der Waals surface area contributed by atoms with Gasteiger partial charge in [0.2, 0.25) is 0 Å². The van der Waals surface area contributed by atoms with E-state index in [2.05, 4.69) is 10.4 Å². The minimum absolute atomic E-state index is 0.0504. The second-order valence-electron chi connectivity index (χ2n) is 6.56. The van der Waals surface area contributed by atoms with Crippen molar-refractivity contribution in [3.8, 4) is 5.75 Å². The quantitative estimate of drug-likeness (QED) is 0.795. The van der Waals surface area contributed by atoms with Crippen LogP contribution in [0.15, 0.2) is 36.5 Å². The van der Waals surface area contributed by atoms with Crippen molar-refractivity contribution < 1.29 is 15.0 Å². The number of aliphatic hydroxyl groups is 1. The molecule has 0 radical (unpaired) electrons. The first-order valence-corrected chi connectivity index (χ1v) is 8.54. The second kappa shape index (κ2) is 7.57. The highest BCUT2D eigenvalue weighted by molar-refractivity contribution is 5.88. The first kappa shape index (κ1) is 17.3. The number of aromatic nitrogens is 2. The molecule has 0 bridgehead atoms. The molecule has 1 fully saturated rings. The maximum Gasteiger partial charge on any atom is 0.323 e. The van der Waals surface area contributed by atoms with Gasteiger partial charge in [-0.2, -0.15) is 5.10 Å². The molecule has 0 aliphatic heterocycles. The molecule has 1 aliphatic carbocycles. The van der Waals surface area contributed by atoms with Crippen LogP contribution in [0.5, 0.6) is 5.75 Å². The van der Waals surface area contributed by atoms with E-state index in [0.29, 0.717) is 25.2 Å². The summed E-state index contributed by atoms with van der Waals surface area (Å²) < 4.78 is 1.63. The maximum atomic E-state index is 12.8. The van der Waals surface area contributed by atoms with E-state index in [0.717, 1.165) is 18.4 Å². The van der Waals surface area contributed by atoms with E-state index in [-0.39, 0.29) is 23.9 Å². The first-order valence-electron chi connectivity index (χ1n) is 8.54. The summed E-state index contributed by atoms with van der Waals surface area (Å²) in [5, 5.41) is 26.5. The Labute approximate surface area is 146 Å². The van der Waals surface area contributed by atoms with Gasteiger partial charge in [-0.15, -0.1) is 0 Å². The largest absolute Gasteiger partial charge is 0.508 e. The van der Waals surface area contributed by atoms with E-state index in [1.54, 1.807) is 47.1 Å². The number of amides is 2. The molecule has 0 atom stereocenters. The van der Waals surface area contributed by atoms with Gasteiger partial charge < -0.3 is 15.1 Å². The molecule has 3 rings (SSSR count). The Bertz CT molecular complexity index is 723. The van der Waals surface area contributed by atoms with Crippen molar-refractivity contribution >= 4 is 11.8 Å². The van der Waals surface area contributed by atoms with Crippen LogP contribution in [0, 0.1) is 0 Å². The first-order chi connectivity index (χ1) is 12.0. The number of anilines is 1. The van der Waals surface area contributed by atoms with Gasteiger partial charge in [0.15, 0.2) is 5.82 Å². The molecule has 1 aromatic heterocycles. The van der Waals surface area contributed by atoms with Crippen LogP contribution in [-0.4, -0.2) is 43.1 Å². The summed E-state index contributed by atoms with van der Waals surface area (Å²) in [5.41, 5.74) is 0.863. The molecule has 7 nitrogen and oxygen atoms in total. The van der Waals surface area contributed by atoms with E-state index >= 15 is 0 Å². The van der Waals surface area contributed by atoms with Crippen molar-refractivity contribution in [3.05, 3.63) is 42.1 Å². The molecule has 134 valence electrons. The second-order valence-corrected chi connectivity index (χ2v) is 6.56. The number of benzene rings is 1. The monoisotopic (exact) mass is 344 g/mol. The molecule has 0 spiro atoms. The van der Waals surface area contributed by atoms with Gasteiger partial charge in [0, 0.05) is 31.9 Å². The number of hydrogen-bond acceptors (Lipinski definition) is 4. The van der Waals surface area contributed by atoms with Crippen LogP contribution in [0.25, 0.3) is 0 Å². The Morgan fingerprint density at radius 2 is 2.08 bits per heavy atom. The molecule has 7 heteroatoms. The Morgan fingerprint density at radius 3 is 2.72 bits per heavy atom. The summed E-state index contributed by atoms with van der Waals surface area (Å²) in [5.74, 6) is 0.686. The molecule has 1 saturated carbocycles. The number of aryl methyl sites for hydroxylation is 1. The van der Waals surface area contributed by atoms with Crippen LogP contribution in [-0.2, 0) is 13.6 Å². The number of carbonyl (C=O) groups is 1. The third kappa shape index (κ3) is 4.51. The highest BCUT2D eigenvalue weighted by atomic mass is 16.3. The molecule has 1 heterocycles. The van der Waals surface area contributed by atoms with Crippen LogP contribution in [0.4, 0.5) is 10.6 Å². The molecule has 0 unspecified atom stereocenters. The summed E-state index contributed by atoms with van der Waals surface area (Å²) in [6.45, 7) is 0.397. The molecule has 1 aliphatic rings. The third-order valence-corrected chi connectivity index (χ3v) is 4.58. The van der Waals surface area contributed by atoms with Crippen molar-refractivity contribution in [2.75, 3.05) is 5.32 Å². The van der Waals surface area contributed by atoms with Gasteiger partial charge >= 0.3 is 6.03 Å². The lowest BCUT2D eigenvalue weighted by atomic mass is 9.92. The molecular weight excluding hydrogens is 320 g/mol. The minimum Gasteiger partial charge on any atom is -0.508 e. The number of urea groups is 1. The summed E-state index contributed by atoms with van der Waals surface area (Å²) in [6.07, 6.45) is 4.39. The van der Waals surface area contributed by atoms with E-state index in [9.17, 15) is 15.0 Å². The number of aliphatic hydroxyl groups excluding tert-OH is 1. The van der Waals surface area contributed by atoms with Crippen LogP contribution in [0.3, 0.4) is 0 Å². The highest BCUT2D eigenvalue weighted by Crippen LogP contribution is 2.26. The van der Waals surface area contributed by atoms with Gasteiger partial charge in [0.1, 0.15) is 5.75 Å². The fraction of sp³-hybridized carbons (Fsp3) is 0.444. The average molecular weight is 344 g/mol. The van der Waals surface area contributed by atoms with Crippen molar-refractivity contribution in [1.82, 2.24) is 14.7 Å². The van der Waals surface area contributed by atoms with Gasteiger partial charge in [-0.25, -0.2) is 4.79 Å². The van der Waals surface area contributed by atoms with Crippen LogP contribution in [0.1, 0.15) is 31.2 Å². The van der Waals surface area contributed by atoms with Crippen LogP contribution >= 0.6 is 0 Å². The highest BCUT2D eigenvalue weighted by Gasteiger charge is 2.28. The summed E-state index contributed by atoms with van der Waals surface area (Å²) in [6, 6.07) is 8.51. The van der Waals surface area contributed by atoms with E-state index in [4.69, 9.17) is 0 Å². The van der Waals surface area contributed by atoms with Gasteiger partial charge in [-0.05, 0) is 43.4 Å². The van der Waals surface area contributed by atoms with Crippen molar-refractivity contribution in [2.24, 2.45) is 7.05 Å². The SMILES string of the molecule is Cn1ccc(NC(=O)N(Cc2cccc(O)c2)C2CCC(O)CC2)n1. The number of nitrogens with zero attached hydrogens (tertiary/aromatic N) is 3. The third-order valence-electron chi connectivity index (χ3n) is 4.58. The number of phenols is 1. The van der Waals surface area contributed by atoms with E-state index in [1.807, 2.05) is 6.07 Å². The Balaban J connectivity index is 1.76. The molecule has 25 heavy (non-hydrogen) atoms. The number of aromatic hydroxyl groups is 1. The minimum atomic E-state index is -0.280. The summed E-state index contributed by atoms with van der Waals surface area (Å²) in [7, 11) is 1.79. The lowest BCUT2D eigenvalue weighted by molar-refractivity contribution is 0.0849. The van der Waals surface area contributed by atoms with Gasteiger partial charge in [-0.3, -0.25) is 10.00 Å². The fourth-order valence-electron chi connectivity index (χ4n) is 3.25. The maximum absolute atomic E-state index is 12.8. The smallest absolute Gasteiger partial charge is 0.323 e. The predicted molar refractivity (Wildman–Crippen MR) is 94.1 cm³/mol. The number of nitrogens with one attached hydrogen (secondary N) is 1. The van der Waals surface area contributed by atoms with E-state index in [1.165, 1.54) is 0 Å². The Hall–Kier alpha value is -2.54. The van der Waals surface area contributed by atoms with Crippen LogP contribution in [0.2, 0.25) is 0 Å². The number of rotatable bonds is 4. The fourth-order valence-corrected chi connectivity index (χ4v) is 3.25. The van der Waals surface area contributed by atoms with Crippen molar-refractivity contribution in [1.29, 1.82) is 0 Å².